The van der Waals surface area contributed by atoms with E-state index in [0.717, 1.165) is 13.0 Å². The second-order valence-electron chi connectivity index (χ2n) is 3.35. The Morgan fingerprint density at radius 3 is 2.58 bits per heavy atom. The molecule has 3 heteroatoms. The van der Waals surface area contributed by atoms with Gasteiger partial charge in [-0.05, 0) is 25.8 Å². The maximum Gasteiger partial charge on any atom is 0.135 e. The highest BCUT2D eigenvalue weighted by Gasteiger charge is 2.38. The van der Waals surface area contributed by atoms with Crippen molar-refractivity contribution in [1.29, 1.82) is 0 Å². The van der Waals surface area contributed by atoms with Crippen LogP contribution in [0.1, 0.15) is 33.1 Å². The van der Waals surface area contributed by atoms with Crippen LogP contribution in [0.15, 0.2) is 0 Å². The van der Waals surface area contributed by atoms with E-state index in [1.54, 1.807) is 0 Å². The topological polar surface area (TPSA) is 50.6 Å². The third-order valence-corrected chi connectivity index (χ3v) is 2.42. The number of rotatable bonds is 6. The molecule has 0 aromatic rings. The van der Waals surface area contributed by atoms with Gasteiger partial charge < -0.3 is 10.5 Å². The summed E-state index contributed by atoms with van der Waals surface area (Å²) in [7, 11) is 0. The van der Waals surface area contributed by atoms with Crippen LogP contribution in [0.5, 0.6) is 0 Å². The molecular weight excluding hydrogens is 152 g/mol. The van der Waals surface area contributed by atoms with Crippen molar-refractivity contribution < 1.29 is 4.74 Å². The van der Waals surface area contributed by atoms with Gasteiger partial charge in [0, 0.05) is 6.04 Å². The predicted octanol–water partition coefficient (Wildman–Crippen LogP) is 0.838. The number of nitrogens with two attached hydrogens (primary N) is 1. The van der Waals surface area contributed by atoms with Crippen LogP contribution in [0.25, 0.3) is 0 Å². The smallest absolute Gasteiger partial charge is 0.135 e. The van der Waals surface area contributed by atoms with Crippen LogP contribution in [0.3, 0.4) is 0 Å². The summed E-state index contributed by atoms with van der Waals surface area (Å²) in [6, 6.07) is 0.609. The fourth-order valence-corrected chi connectivity index (χ4v) is 1.43. The van der Waals surface area contributed by atoms with Crippen LogP contribution in [-0.2, 0) is 4.74 Å². The largest absolute Gasteiger partial charge is 0.353 e. The minimum atomic E-state index is 0.290. The van der Waals surface area contributed by atoms with Gasteiger partial charge in [-0.3, -0.25) is 5.32 Å². The van der Waals surface area contributed by atoms with Gasteiger partial charge in [-0.2, -0.15) is 0 Å². The molecule has 2 unspecified atom stereocenters. The van der Waals surface area contributed by atoms with E-state index in [9.17, 15) is 0 Å². The molecule has 1 fully saturated rings. The van der Waals surface area contributed by atoms with E-state index < -0.39 is 0 Å². The van der Waals surface area contributed by atoms with E-state index in [-0.39, 0.29) is 0 Å². The van der Waals surface area contributed by atoms with Crippen molar-refractivity contribution in [3.05, 3.63) is 0 Å². The number of ether oxygens (including phenoxy) is 1. The van der Waals surface area contributed by atoms with Crippen molar-refractivity contribution in [2.24, 2.45) is 5.73 Å². The first kappa shape index (κ1) is 9.96. The van der Waals surface area contributed by atoms with Gasteiger partial charge in [-0.15, -0.1) is 0 Å². The molecule has 12 heavy (non-hydrogen) atoms. The number of epoxide rings is 1. The first-order chi connectivity index (χ1) is 5.81. The maximum atomic E-state index is 5.42. The van der Waals surface area contributed by atoms with E-state index in [4.69, 9.17) is 10.5 Å². The molecule has 0 aromatic heterocycles. The Hall–Kier alpha value is -0.120. The minimum Gasteiger partial charge on any atom is -0.353 e. The second kappa shape index (κ2) is 4.80. The van der Waals surface area contributed by atoms with Crippen LogP contribution in [0.2, 0.25) is 0 Å². The van der Waals surface area contributed by atoms with Gasteiger partial charge in [-0.1, -0.05) is 13.8 Å². The molecular formula is C9H20N2O. The molecule has 72 valence electrons. The molecule has 0 saturated carbocycles. The lowest BCUT2D eigenvalue weighted by molar-refractivity contribution is 0.316. The first-order valence-electron chi connectivity index (χ1n) is 4.93. The zero-order chi connectivity index (χ0) is 8.97. The molecule has 3 nitrogen and oxygen atoms in total. The Morgan fingerprint density at radius 2 is 2.08 bits per heavy atom. The Morgan fingerprint density at radius 1 is 1.42 bits per heavy atom. The highest BCUT2D eigenvalue weighted by atomic mass is 16.6. The van der Waals surface area contributed by atoms with Crippen molar-refractivity contribution in [3.63, 3.8) is 0 Å². The summed E-state index contributed by atoms with van der Waals surface area (Å²) in [6.07, 6.45) is 4.00. The lowest BCUT2D eigenvalue weighted by atomic mass is 10.1. The maximum absolute atomic E-state index is 5.42. The number of nitrogens with one attached hydrogen (secondary N) is 1. The van der Waals surface area contributed by atoms with Gasteiger partial charge in [0.1, 0.15) is 12.3 Å². The first-order valence-corrected chi connectivity index (χ1v) is 4.93. The summed E-state index contributed by atoms with van der Waals surface area (Å²) in [4.78, 5) is 0. The lowest BCUT2D eigenvalue weighted by Crippen LogP contribution is -2.31. The van der Waals surface area contributed by atoms with Gasteiger partial charge in [0.2, 0.25) is 0 Å². The average Bonchev–Trinajstić information content (AvgIpc) is 2.80. The van der Waals surface area contributed by atoms with Gasteiger partial charge in [0.05, 0.1) is 0 Å². The summed E-state index contributed by atoms with van der Waals surface area (Å²) < 4.78 is 5.40. The Balaban J connectivity index is 2.09. The molecule has 1 heterocycles. The zero-order valence-electron chi connectivity index (χ0n) is 8.05. The highest BCUT2D eigenvalue weighted by molar-refractivity contribution is 4.84. The Labute approximate surface area is 74.7 Å². The van der Waals surface area contributed by atoms with Crippen molar-refractivity contribution in [1.82, 2.24) is 5.32 Å². The molecule has 2 atom stereocenters. The zero-order valence-corrected chi connectivity index (χ0v) is 8.05. The predicted molar refractivity (Wildman–Crippen MR) is 49.8 cm³/mol. The highest BCUT2D eigenvalue weighted by Crippen LogP contribution is 2.23. The molecule has 0 radical (unpaired) electrons. The third-order valence-electron chi connectivity index (χ3n) is 2.42. The normalized spacial score (nSPS) is 28.0. The molecule has 1 saturated heterocycles. The molecule has 3 N–H and O–H groups in total. The van der Waals surface area contributed by atoms with E-state index in [1.165, 1.54) is 12.8 Å². The summed E-state index contributed by atoms with van der Waals surface area (Å²) in [6.45, 7) is 5.12. The van der Waals surface area contributed by atoms with E-state index in [2.05, 4.69) is 19.2 Å². The number of hydrogen-bond donors (Lipinski definition) is 2. The fourth-order valence-electron chi connectivity index (χ4n) is 1.43. The third kappa shape index (κ3) is 2.73. The van der Waals surface area contributed by atoms with Crippen molar-refractivity contribution in [2.45, 2.75) is 51.5 Å². The van der Waals surface area contributed by atoms with Crippen molar-refractivity contribution in [2.75, 3.05) is 6.54 Å². The molecule has 0 amide bonds. The van der Waals surface area contributed by atoms with E-state index in [0.29, 0.717) is 18.4 Å². The molecule has 1 aliphatic rings. The molecule has 0 bridgehead atoms. The van der Waals surface area contributed by atoms with Crippen molar-refractivity contribution >= 4 is 0 Å². The van der Waals surface area contributed by atoms with Crippen molar-refractivity contribution in [3.8, 4) is 0 Å². The average molecular weight is 172 g/mol. The van der Waals surface area contributed by atoms with Crippen LogP contribution in [0.4, 0.5) is 0 Å². The molecule has 0 aliphatic carbocycles. The Kier molecular flexibility index (Phi) is 3.98. The summed E-state index contributed by atoms with van der Waals surface area (Å²) >= 11 is 0. The van der Waals surface area contributed by atoms with E-state index >= 15 is 0 Å². The monoisotopic (exact) mass is 172 g/mol. The quantitative estimate of drug-likeness (QED) is 0.584. The SMILES string of the molecule is CCC(CC)NC1OC1CCN. The fraction of sp³-hybridized carbons (Fsp3) is 1.00. The second-order valence-corrected chi connectivity index (χ2v) is 3.35. The van der Waals surface area contributed by atoms with Crippen LogP contribution < -0.4 is 11.1 Å². The summed E-state index contributed by atoms with van der Waals surface area (Å²) in [5, 5.41) is 3.45. The van der Waals surface area contributed by atoms with Gasteiger partial charge >= 0.3 is 0 Å². The molecule has 1 rings (SSSR count). The summed E-state index contributed by atoms with van der Waals surface area (Å²) in [5.74, 6) is 0. The van der Waals surface area contributed by atoms with Gasteiger partial charge in [0.15, 0.2) is 0 Å². The van der Waals surface area contributed by atoms with Gasteiger partial charge in [0.25, 0.3) is 0 Å². The number of hydrogen-bond acceptors (Lipinski definition) is 3. The standard InChI is InChI=1S/C9H20N2O/c1-3-7(4-2)11-9-8(12-9)5-6-10/h7-9,11H,3-6,10H2,1-2H3. The van der Waals surface area contributed by atoms with Crippen LogP contribution in [-0.4, -0.2) is 24.9 Å². The van der Waals surface area contributed by atoms with Gasteiger partial charge in [-0.25, -0.2) is 0 Å². The molecule has 1 aliphatic heterocycles. The molecule has 0 spiro atoms. The van der Waals surface area contributed by atoms with Crippen LogP contribution in [0, 0.1) is 0 Å². The molecule has 0 aromatic carbocycles. The minimum absolute atomic E-state index is 0.290. The Bertz CT molecular complexity index is 126. The lowest BCUT2D eigenvalue weighted by Gasteiger charge is -2.11. The summed E-state index contributed by atoms with van der Waals surface area (Å²) in [5.41, 5.74) is 5.42. The van der Waals surface area contributed by atoms with E-state index in [1.807, 2.05) is 0 Å². The van der Waals surface area contributed by atoms with Crippen LogP contribution >= 0.6 is 0 Å².